The number of hydrogen-bond donors (Lipinski definition) is 4. The number of benzene rings is 2. The van der Waals surface area contributed by atoms with Gasteiger partial charge in [0.15, 0.2) is 9.84 Å². The van der Waals surface area contributed by atoms with Gasteiger partial charge in [0.2, 0.25) is 0 Å². The van der Waals surface area contributed by atoms with E-state index in [0.717, 1.165) is 37.6 Å². The van der Waals surface area contributed by atoms with Gasteiger partial charge in [-0.15, -0.1) is 0 Å². The summed E-state index contributed by atoms with van der Waals surface area (Å²) in [6.45, 7) is -1.42. The van der Waals surface area contributed by atoms with Gasteiger partial charge in [-0.1, -0.05) is 12.0 Å². The van der Waals surface area contributed by atoms with Gasteiger partial charge in [-0.05, 0) is 69.0 Å². The molecule has 4 N–H and O–H groups in total. The Morgan fingerprint density at radius 3 is 2.46 bits per heavy atom. The number of ether oxygens (including phenoxy) is 1. The largest absolute Gasteiger partial charge is 0.489 e. The van der Waals surface area contributed by atoms with E-state index in [1.165, 1.54) is 22.8 Å². The van der Waals surface area contributed by atoms with Gasteiger partial charge >= 0.3 is 6.18 Å². The first-order valence-electron chi connectivity index (χ1n) is 13.4. The minimum Gasteiger partial charge on any atom is -0.489 e. The highest BCUT2D eigenvalue weighted by Gasteiger charge is 2.30. The van der Waals surface area contributed by atoms with Crippen molar-refractivity contribution in [3.63, 3.8) is 0 Å². The summed E-state index contributed by atoms with van der Waals surface area (Å²) in [5, 5.41) is 19.7. The molecule has 1 aliphatic carbocycles. The lowest BCUT2D eigenvalue weighted by Gasteiger charge is -2.29. The van der Waals surface area contributed by atoms with E-state index in [9.17, 15) is 21.6 Å². The zero-order valence-electron chi connectivity index (χ0n) is 23.0. The van der Waals surface area contributed by atoms with Gasteiger partial charge in [0.05, 0.1) is 34.9 Å². The number of sulfone groups is 1. The van der Waals surface area contributed by atoms with Crippen molar-refractivity contribution in [1.82, 2.24) is 9.88 Å². The molecule has 222 valence electrons. The molecule has 4 rings (SSSR count). The molecule has 2 aromatic carbocycles. The van der Waals surface area contributed by atoms with Crippen LogP contribution < -0.4 is 20.7 Å². The van der Waals surface area contributed by atoms with Crippen molar-refractivity contribution in [1.29, 1.82) is 0 Å². The van der Waals surface area contributed by atoms with E-state index in [2.05, 4.69) is 27.8 Å². The molecule has 0 radical (unpaired) electrons. The number of aromatic nitrogens is 1. The summed E-state index contributed by atoms with van der Waals surface area (Å²) in [6, 6.07) is 12.0. The zero-order valence-corrected chi connectivity index (χ0v) is 23.8. The van der Waals surface area contributed by atoms with Crippen LogP contribution in [0.1, 0.15) is 31.4 Å². The molecule has 1 fully saturated rings. The number of halogens is 3. The molecule has 41 heavy (non-hydrogen) atoms. The minimum absolute atomic E-state index is 0.0432. The molecule has 1 heterocycles. The fourth-order valence-electron chi connectivity index (χ4n) is 5.04. The first kappa shape index (κ1) is 30.6. The Bertz CT molecular complexity index is 1520. The van der Waals surface area contributed by atoms with E-state index in [1.54, 1.807) is 18.2 Å². The van der Waals surface area contributed by atoms with Crippen LogP contribution in [0.15, 0.2) is 47.4 Å². The Morgan fingerprint density at radius 1 is 1.07 bits per heavy atom. The quantitative estimate of drug-likeness (QED) is 0.259. The number of nitrogens with zero attached hydrogens (tertiary/aromatic N) is 1. The normalized spacial score (nSPS) is 17.6. The van der Waals surface area contributed by atoms with Crippen LogP contribution in [-0.2, 0) is 16.4 Å². The van der Waals surface area contributed by atoms with E-state index in [-0.39, 0.29) is 42.1 Å². The van der Waals surface area contributed by atoms with Crippen molar-refractivity contribution in [2.24, 2.45) is 0 Å². The van der Waals surface area contributed by atoms with Crippen molar-refractivity contribution in [3.05, 3.63) is 48.2 Å². The van der Waals surface area contributed by atoms with Crippen LogP contribution in [0.4, 0.5) is 24.5 Å². The highest BCUT2D eigenvalue weighted by molar-refractivity contribution is 7.90. The lowest BCUT2D eigenvalue weighted by Crippen LogP contribution is -2.34. The molecule has 12 heteroatoms. The third kappa shape index (κ3) is 8.09. The maximum absolute atomic E-state index is 13.6. The number of aliphatic hydroxyl groups is 1. The lowest BCUT2D eigenvalue weighted by atomic mass is 9.91. The van der Waals surface area contributed by atoms with Crippen LogP contribution in [0.3, 0.4) is 0 Å². The second kappa shape index (κ2) is 13.1. The first-order valence-corrected chi connectivity index (χ1v) is 15.3. The number of alkyl halides is 3. The van der Waals surface area contributed by atoms with Crippen LogP contribution >= 0.6 is 0 Å². The smallest absolute Gasteiger partial charge is 0.406 e. The van der Waals surface area contributed by atoms with Gasteiger partial charge in [0.25, 0.3) is 0 Å². The Balaban J connectivity index is 1.58. The van der Waals surface area contributed by atoms with E-state index in [1.807, 2.05) is 13.1 Å². The van der Waals surface area contributed by atoms with Gasteiger partial charge in [-0.3, -0.25) is 0 Å². The van der Waals surface area contributed by atoms with Crippen LogP contribution in [0.2, 0.25) is 0 Å². The molecule has 1 saturated carbocycles. The third-order valence-corrected chi connectivity index (χ3v) is 8.20. The van der Waals surface area contributed by atoms with Gasteiger partial charge in [-0.2, -0.15) is 13.2 Å². The molecule has 0 amide bonds. The number of nitrogens with one attached hydrogen (secondary N) is 3. The van der Waals surface area contributed by atoms with Crippen molar-refractivity contribution >= 4 is 32.1 Å². The molecule has 0 bridgehead atoms. The van der Waals surface area contributed by atoms with Gasteiger partial charge in [-0.25, -0.2) is 8.42 Å². The summed E-state index contributed by atoms with van der Waals surface area (Å²) in [6.07, 6.45) is 0.651. The molecular weight excluding hydrogens is 557 g/mol. The zero-order chi connectivity index (χ0) is 29.6. The third-order valence-electron chi connectivity index (χ3n) is 7.09. The van der Waals surface area contributed by atoms with Crippen molar-refractivity contribution < 1.29 is 31.4 Å². The van der Waals surface area contributed by atoms with Crippen molar-refractivity contribution in [2.45, 2.75) is 55.4 Å². The predicted molar refractivity (Wildman–Crippen MR) is 154 cm³/mol. The summed E-state index contributed by atoms with van der Waals surface area (Å²) >= 11 is 0. The van der Waals surface area contributed by atoms with Crippen LogP contribution in [-0.4, -0.2) is 69.4 Å². The Morgan fingerprint density at radius 2 is 1.80 bits per heavy atom. The van der Waals surface area contributed by atoms with E-state index in [4.69, 9.17) is 9.84 Å². The van der Waals surface area contributed by atoms with Crippen LogP contribution in [0.25, 0.3) is 10.9 Å². The lowest BCUT2D eigenvalue weighted by molar-refractivity contribution is -0.140. The number of aliphatic hydroxyl groups excluding tert-OH is 1. The maximum atomic E-state index is 13.6. The molecule has 8 nitrogen and oxygen atoms in total. The van der Waals surface area contributed by atoms with E-state index in [0.29, 0.717) is 22.6 Å². The van der Waals surface area contributed by atoms with Crippen molar-refractivity contribution in [3.8, 4) is 17.6 Å². The number of fused-ring (bicyclic) bond motifs is 1. The van der Waals surface area contributed by atoms with E-state index >= 15 is 0 Å². The second-order valence-electron chi connectivity index (χ2n) is 10.1. The van der Waals surface area contributed by atoms with Gasteiger partial charge in [0.1, 0.15) is 18.9 Å². The topological polar surface area (TPSA) is 105 Å². The summed E-state index contributed by atoms with van der Waals surface area (Å²) in [5.41, 5.74) is 1.91. The summed E-state index contributed by atoms with van der Waals surface area (Å²) in [7, 11) is -1.52. The van der Waals surface area contributed by atoms with Gasteiger partial charge in [0, 0.05) is 35.5 Å². The molecule has 0 spiro atoms. The van der Waals surface area contributed by atoms with Crippen molar-refractivity contribution in [2.75, 3.05) is 43.7 Å². The molecule has 0 unspecified atom stereocenters. The Hall–Kier alpha value is -3.40. The summed E-state index contributed by atoms with van der Waals surface area (Å²) in [5.74, 6) is 5.97. The average Bonchev–Trinajstić information content (AvgIpc) is 3.26. The minimum atomic E-state index is -4.43. The standard InChI is InChI=1S/C29H35F3N4O4S/c1-33-20-8-10-21(11-9-20)35-25-6-3-7-27-24(25)17-22(36(27)19-29(30,31)32)5-4-14-34-26-13-12-23(41(2,38)39)18-28(26)40-16-15-37/h3,6-7,12-13,17-18,20-21,33-35,37H,8-11,14-16,19H2,1-2H3/t20-,21-. The summed E-state index contributed by atoms with van der Waals surface area (Å²) < 4.78 is 71.2. The monoisotopic (exact) mass is 592 g/mol. The SMILES string of the molecule is CN[C@H]1CC[C@H](Nc2cccc3c2cc(C#CCNc2ccc(S(C)(=O)=O)cc2OCCO)n3CC(F)(F)F)CC1. The fourth-order valence-corrected chi connectivity index (χ4v) is 5.67. The molecule has 1 aromatic heterocycles. The molecule has 0 atom stereocenters. The highest BCUT2D eigenvalue weighted by Crippen LogP contribution is 2.32. The summed E-state index contributed by atoms with van der Waals surface area (Å²) in [4.78, 5) is 0.0539. The second-order valence-corrected chi connectivity index (χ2v) is 12.1. The maximum Gasteiger partial charge on any atom is 0.406 e. The number of hydrogen-bond acceptors (Lipinski definition) is 7. The Kier molecular flexibility index (Phi) is 9.73. The Labute approximate surface area is 238 Å². The number of anilines is 2. The first-order chi connectivity index (χ1) is 19.5. The highest BCUT2D eigenvalue weighted by atomic mass is 32.2. The molecule has 1 aliphatic rings. The average molecular weight is 593 g/mol. The molecule has 0 aliphatic heterocycles. The predicted octanol–water partition coefficient (Wildman–Crippen LogP) is 4.38. The van der Waals surface area contributed by atoms with Gasteiger partial charge < -0.3 is 30.4 Å². The number of rotatable bonds is 10. The molecular formula is C29H35F3N4O4S. The molecule has 0 saturated heterocycles. The fraction of sp³-hybridized carbons (Fsp3) is 0.448. The van der Waals surface area contributed by atoms with E-state index < -0.39 is 22.6 Å². The van der Waals surface area contributed by atoms with Crippen LogP contribution in [0.5, 0.6) is 5.75 Å². The van der Waals surface area contributed by atoms with Crippen LogP contribution in [0, 0.1) is 11.8 Å². The molecule has 3 aromatic rings.